The molecule has 1 N–H and O–H groups in total. The van der Waals surface area contributed by atoms with Gasteiger partial charge in [0.2, 0.25) is 5.91 Å². The maximum atomic E-state index is 13.5. The predicted molar refractivity (Wildman–Crippen MR) is 151 cm³/mol. The van der Waals surface area contributed by atoms with Gasteiger partial charge in [-0.3, -0.25) is 9.69 Å². The lowest BCUT2D eigenvalue weighted by Gasteiger charge is -2.39. The summed E-state index contributed by atoms with van der Waals surface area (Å²) in [5, 5.41) is 3.04. The molecule has 0 aliphatic carbocycles. The molecule has 1 aliphatic heterocycles. The molecule has 38 heavy (non-hydrogen) atoms. The van der Waals surface area contributed by atoms with Crippen LogP contribution in [-0.4, -0.2) is 72.6 Å². The fourth-order valence-corrected chi connectivity index (χ4v) is 4.43. The SMILES string of the molecule is CC(C)CCN1CCN(C)CC1C(=O)N[C@@H](Cc1ccc(OCc2ccccc2)cc1)C(=O)OC(C)(C)C. The summed E-state index contributed by atoms with van der Waals surface area (Å²) in [5.74, 6) is 0.765. The fraction of sp³-hybridized carbons (Fsp3) is 0.548. The topological polar surface area (TPSA) is 71.1 Å². The summed E-state index contributed by atoms with van der Waals surface area (Å²) in [6, 6.07) is 16.6. The van der Waals surface area contributed by atoms with E-state index in [1.165, 1.54) is 0 Å². The fourth-order valence-electron chi connectivity index (χ4n) is 4.43. The normalized spacial score (nSPS) is 17.7. The van der Waals surface area contributed by atoms with Crippen molar-refractivity contribution < 1.29 is 19.1 Å². The number of esters is 1. The first-order chi connectivity index (χ1) is 18.0. The minimum Gasteiger partial charge on any atom is -0.489 e. The second kappa shape index (κ2) is 13.8. The summed E-state index contributed by atoms with van der Waals surface area (Å²) in [6.07, 6.45) is 1.37. The number of carbonyl (C=O) groups is 2. The molecule has 2 aromatic carbocycles. The highest BCUT2D eigenvalue weighted by Crippen LogP contribution is 2.18. The number of ether oxygens (including phenoxy) is 2. The van der Waals surface area contributed by atoms with Gasteiger partial charge in [-0.25, -0.2) is 4.79 Å². The molecule has 3 rings (SSSR count). The van der Waals surface area contributed by atoms with Gasteiger partial charge in [-0.2, -0.15) is 0 Å². The van der Waals surface area contributed by atoms with Gasteiger partial charge in [-0.1, -0.05) is 56.3 Å². The average molecular weight is 524 g/mol. The van der Waals surface area contributed by atoms with E-state index in [2.05, 4.69) is 29.0 Å². The van der Waals surface area contributed by atoms with Crippen LogP contribution in [0.2, 0.25) is 0 Å². The Kier molecular flexibility index (Phi) is 10.7. The van der Waals surface area contributed by atoms with Gasteiger partial charge in [0.1, 0.15) is 30.0 Å². The van der Waals surface area contributed by atoms with E-state index in [9.17, 15) is 9.59 Å². The lowest BCUT2D eigenvalue weighted by molar-refractivity contribution is -0.159. The van der Waals surface area contributed by atoms with Crippen LogP contribution >= 0.6 is 0 Å². The van der Waals surface area contributed by atoms with Gasteiger partial charge in [0, 0.05) is 26.1 Å². The van der Waals surface area contributed by atoms with Crippen molar-refractivity contribution in [3.05, 3.63) is 65.7 Å². The van der Waals surface area contributed by atoms with Crippen LogP contribution in [0.15, 0.2) is 54.6 Å². The number of piperazine rings is 1. The second-order valence-corrected chi connectivity index (χ2v) is 11.7. The van der Waals surface area contributed by atoms with E-state index in [4.69, 9.17) is 9.47 Å². The Morgan fingerprint density at radius 3 is 2.32 bits per heavy atom. The van der Waals surface area contributed by atoms with E-state index in [-0.39, 0.29) is 11.9 Å². The largest absolute Gasteiger partial charge is 0.489 e. The number of likely N-dealkylation sites (N-methyl/N-ethyl adjacent to an activating group) is 1. The molecule has 0 saturated carbocycles. The maximum absolute atomic E-state index is 13.5. The number of amides is 1. The zero-order chi connectivity index (χ0) is 27.7. The molecular weight excluding hydrogens is 478 g/mol. The third-order valence-electron chi connectivity index (χ3n) is 6.61. The van der Waals surface area contributed by atoms with E-state index in [0.29, 0.717) is 25.5 Å². The van der Waals surface area contributed by atoms with Crippen LogP contribution < -0.4 is 10.1 Å². The number of nitrogens with one attached hydrogen (secondary N) is 1. The standard InChI is InChI=1S/C31H45N3O4/c1-23(2)16-17-34-19-18-33(6)21-28(34)29(35)32-27(30(36)38-31(3,4)5)20-24-12-14-26(15-13-24)37-22-25-10-8-7-9-11-25/h7-15,23,27-28H,16-22H2,1-6H3,(H,32,35)/t27-,28?/m0/s1. The summed E-state index contributed by atoms with van der Waals surface area (Å²) in [5.41, 5.74) is 1.37. The summed E-state index contributed by atoms with van der Waals surface area (Å²) < 4.78 is 11.6. The molecule has 1 saturated heterocycles. The van der Waals surface area contributed by atoms with Gasteiger partial charge in [-0.05, 0) is 70.0 Å². The number of nitrogens with zero attached hydrogens (tertiary/aromatic N) is 2. The Labute approximate surface area is 228 Å². The van der Waals surface area contributed by atoms with Crippen LogP contribution in [0, 0.1) is 5.92 Å². The Morgan fingerprint density at radius 1 is 1.00 bits per heavy atom. The molecule has 0 radical (unpaired) electrons. The van der Waals surface area contributed by atoms with E-state index in [0.717, 1.165) is 42.9 Å². The second-order valence-electron chi connectivity index (χ2n) is 11.7. The minimum absolute atomic E-state index is 0.126. The van der Waals surface area contributed by atoms with Crippen LogP contribution in [0.5, 0.6) is 5.75 Å². The number of hydrogen-bond acceptors (Lipinski definition) is 6. The molecule has 7 heteroatoms. The van der Waals surface area contributed by atoms with Gasteiger partial charge in [0.15, 0.2) is 0 Å². The van der Waals surface area contributed by atoms with Crippen molar-refractivity contribution in [2.75, 3.05) is 33.2 Å². The van der Waals surface area contributed by atoms with Crippen LogP contribution in [0.25, 0.3) is 0 Å². The molecule has 7 nitrogen and oxygen atoms in total. The van der Waals surface area contributed by atoms with E-state index >= 15 is 0 Å². The highest BCUT2D eigenvalue weighted by Gasteiger charge is 2.34. The lowest BCUT2D eigenvalue weighted by Crippen LogP contribution is -2.60. The zero-order valence-corrected chi connectivity index (χ0v) is 23.9. The molecule has 1 amide bonds. The third kappa shape index (κ3) is 9.76. The molecule has 208 valence electrons. The van der Waals surface area contributed by atoms with Crippen LogP contribution in [0.1, 0.15) is 52.2 Å². The van der Waals surface area contributed by atoms with Crippen molar-refractivity contribution in [2.45, 2.75) is 71.8 Å². The molecule has 1 aliphatic rings. The van der Waals surface area contributed by atoms with Crippen LogP contribution in [0.3, 0.4) is 0 Å². The van der Waals surface area contributed by atoms with Gasteiger partial charge in [0.25, 0.3) is 0 Å². The quantitative estimate of drug-likeness (QED) is 0.443. The van der Waals surface area contributed by atoms with Crippen molar-refractivity contribution in [3.8, 4) is 5.75 Å². The molecule has 2 aromatic rings. The molecule has 1 heterocycles. The highest BCUT2D eigenvalue weighted by atomic mass is 16.6. The summed E-state index contributed by atoms with van der Waals surface area (Å²) in [4.78, 5) is 31.1. The Balaban J connectivity index is 1.69. The Bertz CT molecular complexity index is 1020. The summed E-state index contributed by atoms with van der Waals surface area (Å²) >= 11 is 0. The summed E-state index contributed by atoms with van der Waals surface area (Å²) in [6.45, 7) is 13.7. The van der Waals surface area contributed by atoms with Gasteiger partial charge in [0.05, 0.1) is 0 Å². The zero-order valence-electron chi connectivity index (χ0n) is 23.9. The van der Waals surface area contributed by atoms with E-state index in [1.54, 1.807) is 0 Å². The van der Waals surface area contributed by atoms with Gasteiger partial charge in [-0.15, -0.1) is 0 Å². The number of carbonyl (C=O) groups excluding carboxylic acids is 2. The Morgan fingerprint density at radius 2 is 1.68 bits per heavy atom. The lowest BCUT2D eigenvalue weighted by atomic mass is 10.0. The van der Waals surface area contributed by atoms with Crippen LogP contribution in [0.4, 0.5) is 0 Å². The predicted octanol–water partition coefficient (Wildman–Crippen LogP) is 4.30. The van der Waals surface area contributed by atoms with E-state index < -0.39 is 17.6 Å². The molecule has 0 spiro atoms. The van der Waals surface area contributed by atoms with Crippen molar-refractivity contribution >= 4 is 11.9 Å². The molecule has 1 fully saturated rings. The molecule has 0 aromatic heterocycles. The summed E-state index contributed by atoms with van der Waals surface area (Å²) in [7, 11) is 2.03. The first kappa shape index (κ1) is 29.7. The van der Waals surface area contributed by atoms with Crippen molar-refractivity contribution in [2.24, 2.45) is 5.92 Å². The number of benzene rings is 2. The number of rotatable bonds is 11. The van der Waals surface area contributed by atoms with E-state index in [1.807, 2.05) is 82.4 Å². The third-order valence-corrected chi connectivity index (χ3v) is 6.61. The smallest absolute Gasteiger partial charge is 0.329 e. The Hall–Kier alpha value is -2.90. The molecule has 1 unspecified atom stereocenters. The molecule has 2 atom stereocenters. The molecular formula is C31H45N3O4. The monoisotopic (exact) mass is 523 g/mol. The highest BCUT2D eigenvalue weighted by molar-refractivity contribution is 5.88. The van der Waals surface area contributed by atoms with Gasteiger partial charge >= 0.3 is 5.97 Å². The average Bonchev–Trinajstić information content (AvgIpc) is 2.86. The van der Waals surface area contributed by atoms with Crippen molar-refractivity contribution in [1.29, 1.82) is 0 Å². The maximum Gasteiger partial charge on any atom is 0.329 e. The first-order valence-electron chi connectivity index (χ1n) is 13.7. The number of hydrogen-bond donors (Lipinski definition) is 1. The van der Waals surface area contributed by atoms with Crippen molar-refractivity contribution in [3.63, 3.8) is 0 Å². The molecule has 0 bridgehead atoms. The minimum atomic E-state index is -0.781. The van der Waals surface area contributed by atoms with Crippen molar-refractivity contribution in [1.82, 2.24) is 15.1 Å². The van der Waals surface area contributed by atoms with Crippen LogP contribution in [-0.2, 0) is 27.4 Å². The van der Waals surface area contributed by atoms with Gasteiger partial charge < -0.3 is 19.7 Å². The first-order valence-corrected chi connectivity index (χ1v) is 13.7.